The first-order chi connectivity index (χ1) is 14.0. The second-order valence-corrected chi connectivity index (χ2v) is 7.19. The van der Waals surface area contributed by atoms with Crippen LogP contribution in [0.5, 0.6) is 0 Å². The summed E-state index contributed by atoms with van der Waals surface area (Å²) in [6, 6.07) is 6.99. The molecule has 0 radical (unpaired) electrons. The average molecular weight is 435 g/mol. The third kappa shape index (κ3) is 3.70. The number of halogens is 2. The summed E-state index contributed by atoms with van der Waals surface area (Å²) in [6.45, 7) is 1.69. The molecule has 4 rings (SSSR count). The predicted molar refractivity (Wildman–Crippen MR) is 107 cm³/mol. The summed E-state index contributed by atoms with van der Waals surface area (Å²) >= 11 is 12.5. The minimum absolute atomic E-state index is 0.365. The Bertz CT molecular complexity index is 1090. The first-order valence-electron chi connectivity index (χ1n) is 8.77. The molecule has 3 heterocycles. The van der Waals surface area contributed by atoms with Crippen molar-refractivity contribution < 1.29 is 14.3 Å². The first kappa shape index (κ1) is 19.4. The van der Waals surface area contributed by atoms with Crippen molar-refractivity contribution in [2.45, 2.75) is 0 Å². The van der Waals surface area contributed by atoms with Crippen LogP contribution in [-0.4, -0.2) is 69.6 Å². The van der Waals surface area contributed by atoms with Gasteiger partial charge in [0.1, 0.15) is 0 Å². The molecular weight excluding hydrogens is 419 g/mol. The highest BCUT2D eigenvalue weighted by atomic mass is 35.5. The molecule has 0 N–H and O–H groups in total. The van der Waals surface area contributed by atoms with Crippen molar-refractivity contribution in [3.05, 3.63) is 40.5 Å². The zero-order valence-corrected chi connectivity index (χ0v) is 16.9. The van der Waals surface area contributed by atoms with Gasteiger partial charge in [-0.3, -0.25) is 4.79 Å². The molecule has 1 aromatic carbocycles. The predicted octanol–water partition coefficient (Wildman–Crippen LogP) is 1.92. The van der Waals surface area contributed by atoms with Crippen LogP contribution < -0.4 is 4.90 Å². The van der Waals surface area contributed by atoms with E-state index < -0.39 is 11.9 Å². The van der Waals surface area contributed by atoms with Gasteiger partial charge in [-0.2, -0.15) is 9.50 Å². The molecule has 0 unspecified atom stereocenters. The normalized spacial score (nSPS) is 14.3. The Morgan fingerprint density at radius 2 is 1.86 bits per heavy atom. The smallest absolute Gasteiger partial charge is 0.396 e. The van der Waals surface area contributed by atoms with Crippen LogP contribution in [-0.2, 0) is 14.3 Å². The fraction of sp³-hybridized carbons (Fsp3) is 0.278. The number of piperazine rings is 1. The number of fused-ring (bicyclic) bond motifs is 1. The summed E-state index contributed by atoms with van der Waals surface area (Å²) in [4.78, 5) is 35.5. The Labute approximate surface area is 175 Å². The minimum atomic E-state index is -0.864. The number of benzene rings is 1. The number of rotatable bonds is 2. The molecule has 2 aromatic heterocycles. The monoisotopic (exact) mass is 434 g/mol. The van der Waals surface area contributed by atoms with Gasteiger partial charge >= 0.3 is 11.9 Å². The van der Waals surface area contributed by atoms with Crippen LogP contribution in [0, 0.1) is 0 Å². The number of ether oxygens (including phenoxy) is 1. The SMILES string of the molecule is COC(=O)C(=O)N1CCN(c2nc3nccc(-c4cc(Cl)ccc4Cl)n3n2)CC1. The van der Waals surface area contributed by atoms with Gasteiger partial charge in [-0.1, -0.05) is 23.2 Å². The second-order valence-electron chi connectivity index (χ2n) is 6.35. The molecule has 1 aliphatic heterocycles. The van der Waals surface area contributed by atoms with Gasteiger partial charge in [0.25, 0.3) is 5.78 Å². The highest BCUT2D eigenvalue weighted by Crippen LogP contribution is 2.30. The van der Waals surface area contributed by atoms with Crippen LogP contribution in [0.1, 0.15) is 0 Å². The summed E-state index contributed by atoms with van der Waals surface area (Å²) in [7, 11) is 1.19. The van der Waals surface area contributed by atoms with Crippen LogP contribution in [0.3, 0.4) is 0 Å². The van der Waals surface area contributed by atoms with E-state index in [1.54, 1.807) is 35.0 Å². The Kier molecular flexibility index (Phi) is 5.25. The third-order valence-electron chi connectivity index (χ3n) is 4.64. The van der Waals surface area contributed by atoms with E-state index in [1.807, 2.05) is 4.90 Å². The average Bonchev–Trinajstić information content (AvgIpc) is 3.19. The molecule has 150 valence electrons. The number of methoxy groups -OCH3 is 1. The van der Waals surface area contributed by atoms with Crippen LogP contribution in [0.2, 0.25) is 10.0 Å². The van der Waals surface area contributed by atoms with Gasteiger partial charge in [0, 0.05) is 43.0 Å². The van der Waals surface area contributed by atoms with Crippen molar-refractivity contribution in [3.8, 4) is 11.3 Å². The Morgan fingerprint density at radius 1 is 1.10 bits per heavy atom. The maximum absolute atomic E-state index is 11.9. The van der Waals surface area contributed by atoms with E-state index in [0.29, 0.717) is 53.6 Å². The van der Waals surface area contributed by atoms with Crippen molar-refractivity contribution in [1.29, 1.82) is 0 Å². The van der Waals surface area contributed by atoms with Crippen molar-refractivity contribution in [3.63, 3.8) is 0 Å². The van der Waals surface area contributed by atoms with E-state index in [2.05, 4.69) is 19.8 Å². The lowest BCUT2D eigenvalue weighted by atomic mass is 10.1. The molecule has 0 atom stereocenters. The number of aromatic nitrogens is 4. The molecule has 3 aromatic rings. The topological polar surface area (TPSA) is 92.9 Å². The molecule has 29 heavy (non-hydrogen) atoms. The van der Waals surface area contributed by atoms with E-state index in [0.717, 1.165) is 5.56 Å². The van der Waals surface area contributed by atoms with Crippen LogP contribution in [0.25, 0.3) is 17.0 Å². The molecule has 1 saturated heterocycles. The van der Waals surface area contributed by atoms with Gasteiger partial charge in [-0.05, 0) is 24.3 Å². The first-order valence-corrected chi connectivity index (χ1v) is 9.53. The molecule has 0 spiro atoms. The zero-order valence-electron chi connectivity index (χ0n) is 15.4. The van der Waals surface area contributed by atoms with Crippen molar-refractivity contribution in [2.75, 3.05) is 38.2 Å². The number of hydrogen-bond donors (Lipinski definition) is 0. The number of esters is 1. The lowest BCUT2D eigenvalue weighted by Crippen LogP contribution is -2.51. The van der Waals surface area contributed by atoms with E-state index in [9.17, 15) is 9.59 Å². The number of hydrogen-bond acceptors (Lipinski definition) is 7. The Morgan fingerprint density at radius 3 is 2.59 bits per heavy atom. The van der Waals surface area contributed by atoms with Gasteiger partial charge in [-0.15, -0.1) is 5.10 Å². The number of carbonyl (C=O) groups is 2. The maximum atomic E-state index is 11.9. The van der Waals surface area contributed by atoms with Crippen LogP contribution in [0.15, 0.2) is 30.5 Å². The van der Waals surface area contributed by atoms with Crippen molar-refractivity contribution in [2.24, 2.45) is 0 Å². The Balaban J connectivity index is 1.60. The molecule has 9 nitrogen and oxygen atoms in total. The van der Waals surface area contributed by atoms with Crippen molar-refractivity contribution in [1.82, 2.24) is 24.5 Å². The van der Waals surface area contributed by atoms with Crippen LogP contribution in [0.4, 0.5) is 5.95 Å². The summed E-state index contributed by atoms with van der Waals surface area (Å²) in [5.41, 5.74) is 1.43. The standard InChI is InChI=1S/C18H16Cl2N6O3/c1-29-16(28)15(27)24-6-8-25(9-7-24)18-22-17-21-5-4-14(26(17)23-18)12-10-11(19)2-3-13(12)20/h2-5,10H,6-9H2,1H3. The number of amides is 1. The zero-order chi connectivity index (χ0) is 20.5. The fourth-order valence-corrected chi connectivity index (χ4v) is 3.53. The molecule has 0 bridgehead atoms. The number of anilines is 1. The highest BCUT2D eigenvalue weighted by Gasteiger charge is 2.28. The lowest BCUT2D eigenvalue weighted by molar-refractivity contribution is -0.158. The number of carbonyl (C=O) groups excluding carboxylic acids is 2. The van der Waals surface area contributed by atoms with E-state index in [1.165, 1.54) is 12.0 Å². The number of nitrogens with zero attached hydrogens (tertiary/aromatic N) is 6. The third-order valence-corrected chi connectivity index (χ3v) is 5.21. The summed E-state index contributed by atoms with van der Waals surface area (Å²) in [5.74, 6) is -0.610. The minimum Gasteiger partial charge on any atom is -0.462 e. The molecule has 0 aliphatic carbocycles. The molecular formula is C18H16Cl2N6O3. The molecule has 1 aliphatic rings. The van der Waals surface area contributed by atoms with E-state index in [-0.39, 0.29) is 0 Å². The lowest BCUT2D eigenvalue weighted by Gasteiger charge is -2.33. The van der Waals surface area contributed by atoms with Gasteiger partial charge < -0.3 is 14.5 Å². The molecule has 1 fully saturated rings. The van der Waals surface area contributed by atoms with Crippen molar-refractivity contribution >= 4 is 46.8 Å². The molecule has 11 heteroatoms. The summed E-state index contributed by atoms with van der Waals surface area (Å²) in [6.07, 6.45) is 1.63. The van der Waals surface area contributed by atoms with E-state index in [4.69, 9.17) is 23.2 Å². The second kappa shape index (κ2) is 7.84. The van der Waals surface area contributed by atoms with E-state index >= 15 is 0 Å². The fourth-order valence-electron chi connectivity index (χ4n) is 3.14. The van der Waals surface area contributed by atoms with Gasteiger partial charge in [0.05, 0.1) is 17.8 Å². The maximum Gasteiger partial charge on any atom is 0.396 e. The summed E-state index contributed by atoms with van der Waals surface area (Å²) < 4.78 is 6.10. The summed E-state index contributed by atoms with van der Waals surface area (Å²) in [5, 5.41) is 5.67. The molecule has 1 amide bonds. The van der Waals surface area contributed by atoms with Gasteiger partial charge in [0.2, 0.25) is 5.95 Å². The largest absolute Gasteiger partial charge is 0.462 e. The molecule has 0 saturated carbocycles. The van der Waals surface area contributed by atoms with Gasteiger partial charge in [-0.25, -0.2) is 9.78 Å². The van der Waals surface area contributed by atoms with Gasteiger partial charge in [0.15, 0.2) is 0 Å². The highest BCUT2D eigenvalue weighted by molar-refractivity contribution is 6.35. The Hall–Kier alpha value is -2.91. The quantitative estimate of drug-likeness (QED) is 0.449. The van der Waals surface area contributed by atoms with Crippen LogP contribution >= 0.6 is 23.2 Å².